The fraction of sp³-hybridized carbons (Fsp3) is 0.440. The van der Waals surface area contributed by atoms with Crippen LogP contribution in [-0.2, 0) is 16.1 Å². The Bertz CT molecular complexity index is 900. The molecule has 0 spiro atoms. The predicted molar refractivity (Wildman–Crippen MR) is 125 cm³/mol. The second-order valence-electron chi connectivity index (χ2n) is 7.89. The molecule has 0 heterocycles. The fourth-order valence-electron chi connectivity index (χ4n) is 3.27. The molecule has 6 heteroatoms. The summed E-state index contributed by atoms with van der Waals surface area (Å²) in [5.41, 5.74) is 2.96. The molecular formula is C25H33ClN2O3. The molecule has 0 saturated heterocycles. The number of ether oxygens (including phenoxy) is 1. The lowest BCUT2D eigenvalue weighted by Gasteiger charge is -2.31. The Balaban J connectivity index is 2.24. The van der Waals surface area contributed by atoms with E-state index in [-0.39, 0.29) is 24.5 Å². The van der Waals surface area contributed by atoms with Gasteiger partial charge in [0, 0.05) is 17.6 Å². The lowest BCUT2D eigenvalue weighted by Crippen LogP contribution is -2.51. The molecule has 5 nitrogen and oxygen atoms in total. The highest BCUT2D eigenvalue weighted by Crippen LogP contribution is 2.22. The summed E-state index contributed by atoms with van der Waals surface area (Å²) in [5.74, 6) is 0.200. The van der Waals surface area contributed by atoms with E-state index in [0.717, 1.165) is 23.1 Å². The highest BCUT2D eigenvalue weighted by Gasteiger charge is 2.29. The quantitative estimate of drug-likeness (QED) is 0.557. The first-order valence-electron chi connectivity index (χ1n) is 10.8. The molecule has 0 fully saturated rings. The molecule has 0 saturated carbocycles. The Kier molecular flexibility index (Phi) is 9.38. The number of rotatable bonds is 10. The van der Waals surface area contributed by atoms with Crippen molar-refractivity contribution < 1.29 is 14.3 Å². The van der Waals surface area contributed by atoms with Crippen LogP contribution < -0.4 is 10.1 Å². The number of carbonyl (C=O) groups is 2. The summed E-state index contributed by atoms with van der Waals surface area (Å²) in [7, 11) is 0. The first-order chi connectivity index (χ1) is 14.8. The molecule has 0 aliphatic rings. The van der Waals surface area contributed by atoms with E-state index in [9.17, 15) is 9.59 Å². The summed E-state index contributed by atoms with van der Waals surface area (Å²) >= 11 is 6.07. The average molecular weight is 445 g/mol. The minimum atomic E-state index is -0.573. The van der Waals surface area contributed by atoms with Crippen molar-refractivity contribution in [3.8, 4) is 5.75 Å². The average Bonchev–Trinajstić information content (AvgIpc) is 2.75. The summed E-state index contributed by atoms with van der Waals surface area (Å²) in [5, 5.41) is 3.66. The van der Waals surface area contributed by atoms with E-state index in [1.807, 2.05) is 58.9 Å². The van der Waals surface area contributed by atoms with Crippen LogP contribution in [-0.4, -0.2) is 35.4 Å². The molecule has 31 heavy (non-hydrogen) atoms. The van der Waals surface area contributed by atoms with Crippen molar-refractivity contribution in [2.45, 2.75) is 66.1 Å². The van der Waals surface area contributed by atoms with Gasteiger partial charge in [0.2, 0.25) is 5.91 Å². The molecule has 168 valence electrons. The predicted octanol–water partition coefficient (Wildman–Crippen LogP) is 5.06. The topological polar surface area (TPSA) is 58.6 Å². The van der Waals surface area contributed by atoms with Gasteiger partial charge in [-0.2, -0.15) is 0 Å². The first-order valence-corrected chi connectivity index (χ1v) is 11.2. The van der Waals surface area contributed by atoms with E-state index in [1.54, 1.807) is 23.1 Å². The summed E-state index contributed by atoms with van der Waals surface area (Å²) < 4.78 is 5.75. The zero-order valence-corrected chi connectivity index (χ0v) is 19.8. The Hall–Kier alpha value is -2.53. The highest BCUT2D eigenvalue weighted by molar-refractivity contribution is 6.31. The van der Waals surface area contributed by atoms with Crippen LogP contribution in [0.4, 0.5) is 0 Å². The molecule has 0 aliphatic heterocycles. The Labute approximate surface area is 190 Å². The zero-order chi connectivity index (χ0) is 23.0. The van der Waals surface area contributed by atoms with Crippen LogP contribution in [0.15, 0.2) is 42.5 Å². The van der Waals surface area contributed by atoms with Gasteiger partial charge in [-0.15, -0.1) is 0 Å². The van der Waals surface area contributed by atoms with Gasteiger partial charge >= 0.3 is 0 Å². The Morgan fingerprint density at radius 3 is 2.39 bits per heavy atom. The molecule has 1 N–H and O–H groups in total. The minimum absolute atomic E-state index is 0.0465. The molecule has 0 radical (unpaired) electrons. The number of carbonyl (C=O) groups excluding carboxylic acids is 2. The normalized spacial score (nSPS) is 12.7. The Morgan fingerprint density at radius 2 is 1.77 bits per heavy atom. The number of benzene rings is 2. The third-order valence-corrected chi connectivity index (χ3v) is 5.90. The van der Waals surface area contributed by atoms with Gasteiger partial charge in [-0.25, -0.2) is 0 Å². The van der Waals surface area contributed by atoms with Crippen LogP contribution in [0, 0.1) is 13.8 Å². The molecule has 2 amide bonds. The number of nitrogens with zero attached hydrogens (tertiary/aromatic N) is 1. The number of nitrogens with one attached hydrogen (secondary N) is 1. The van der Waals surface area contributed by atoms with Crippen LogP contribution >= 0.6 is 11.6 Å². The van der Waals surface area contributed by atoms with Crippen molar-refractivity contribution >= 4 is 23.4 Å². The van der Waals surface area contributed by atoms with Crippen LogP contribution in [0.2, 0.25) is 5.02 Å². The maximum Gasteiger partial charge on any atom is 0.261 e. The van der Waals surface area contributed by atoms with Gasteiger partial charge in [-0.1, -0.05) is 49.7 Å². The maximum atomic E-state index is 13.2. The van der Waals surface area contributed by atoms with Crippen molar-refractivity contribution in [1.29, 1.82) is 0 Å². The second kappa shape index (κ2) is 11.8. The van der Waals surface area contributed by atoms with Gasteiger partial charge in [0.25, 0.3) is 5.91 Å². The molecule has 2 rings (SSSR count). The van der Waals surface area contributed by atoms with Gasteiger partial charge in [0.05, 0.1) is 0 Å². The highest BCUT2D eigenvalue weighted by atomic mass is 35.5. The molecule has 2 atom stereocenters. The van der Waals surface area contributed by atoms with Gasteiger partial charge in [0.1, 0.15) is 11.8 Å². The molecule has 0 unspecified atom stereocenters. The van der Waals surface area contributed by atoms with E-state index < -0.39 is 6.04 Å². The van der Waals surface area contributed by atoms with Crippen molar-refractivity contribution in [1.82, 2.24) is 10.2 Å². The van der Waals surface area contributed by atoms with Crippen molar-refractivity contribution in [3.63, 3.8) is 0 Å². The number of amides is 2. The molecular weight excluding hydrogens is 412 g/mol. The lowest BCUT2D eigenvalue weighted by molar-refractivity contribution is -0.143. The first kappa shape index (κ1) is 24.7. The van der Waals surface area contributed by atoms with E-state index in [0.29, 0.717) is 23.7 Å². The number of hydrogen-bond acceptors (Lipinski definition) is 3. The van der Waals surface area contributed by atoms with Gasteiger partial charge in [-0.05, 0) is 68.5 Å². The van der Waals surface area contributed by atoms with Crippen molar-refractivity contribution in [2.24, 2.45) is 0 Å². The minimum Gasteiger partial charge on any atom is -0.484 e. The smallest absolute Gasteiger partial charge is 0.261 e. The summed E-state index contributed by atoms with van der Waals surface area (Å²) in [4.78, 5) is 27.8. The monoisotopic (exact) mass is 444 g/mol. The SMILES string of the molecule is CC[C@@H](C)NC(=O)[C@@H](CC)N(Cc1ccccc1C)C(=O)COc1ccc(Cl)c(C)c1. The number of hydrogen-bond donors (Lipinski definition) is 1. The molecule has 2 aromatic carbocycles. The number of aryl methyl sites for hydroxylation is 2. The molecule has 0 aliphatic carbocycles. The van der Waals surface area contributed by atoms with E-state index >= 15 is 0 Å². The fourth-order valence-corrected chi connectivity index (χ4v) is 3.38. The zero-order valence-electron chi connectivity index (χ0n) is 19.1. The number of halogens is 1. The van der Waals surface area contributed by atoms with Crippen LogP contribution in [0.3, 0.4) is 0 Å². The molecule has 0 aromatic heterocycles. The third-order valence-electron chi connectivity index (χ3n) is 5.48. The van der Waals surface area contributed by atoms with E-state index in [4.69, 9.17) is 16.3 Å². The maximum absolute atomic E-state index is 13.2. The van der Waals surface area contributed by atoms with Crippen molar-refractivity contribution in [2.75, 3.05) is 6.61 Å². The largest absolute Gasteiger partial charge is 0.484 e. The van der Waals surface area contributed by atoms with Crippen LogP contribution in [0.25, 0.3) is 0 Å². The standard InChI is InChI=1S/C25H33ClN2O3/c1-6-19(5)27-25(30)23(7-2)28(15-20-11-9-8-10-17(20)3)24(29)16-31-21-12-13-22(26)18(4)14-21/h8-14,19,23H,6-7,15-16H2,1-5H3,(H,27,30)/t19-,23-/m1/s1. The third kappa shape index (κ3) is 7.00. The lowest BCUT2D eigenvalue weighted by atomic mass is 10.1. The summed E-state index contributed by atoms with van der Waals surface area (Å²) in [6, 6.07) is 12.7. The van der Waals surface area contributed by atoms with Crippen LogP contribution in [0.1, 0.15) is 50.3 Å². The summed E-state index contributed by atoms with van der Waals surface area (Å²) in [6.45, 7) is 9.98. The van der Waals surface area contributed by atoms with Gasteiger partial charge < -0.3 is 15.0 Å². The van der Waals surface area contributed by atoms with Crippen LogP contribution in [0.5, 0.6) is 5.75 Å². The Morgan fingerprint density at radius 1 is 1.06 bits per heavy atom. The second-order valence-corrected chi connectivity index (χ2v) is 8.30. The van der Waals surface area contributed by atoms with Gasteiger partial charge in [0.15, 0.2) is 6.61 Å². The summed E-state index contributed by atoms with van der Waals surface area (Å²) in [6.07, 6.45) is 1.34. The van der Waals surface area contributed by atoms with Gasteiger partial charge in [-0.3, -0.25) is 9.59 Å². The van der Waals surface area contributed by atoms with E-state index in [1.165, 1.54) is 0 Å². The molecule has 2 aromatic rings. The van der Waals surface area contributed by atoms with Crippen molar-refractivity contribution in [3.05, 3.63) is 64.2 Å². The molecule has 0 bridgehead atoms. The van der Waals surface area contributed by atoms with E-state index in [2.05, 4.69) is 5.32 Å².